The Bertz CT molecular complexity index is 218. The molecule has 1 N–H and O–H groups in total. The van der Waals surface area contributed by atoms with Crippen molar-refractivity contribution < 1.29 is 4.74 Å². The van der Waals surface area contributed by atoms with E-state index in [4.69, 9.17) is 4.74 Å². The van der Waals surface area contributed by atoms with Crippen LogP contribution in [0.4, 0.5) is 0 Å². The van der Waals surface area contributed by atoms with Crippen LogP contribution in [0.5, 0.6) is 0 Å². The molecule has 1 saturated heterocycles. The molecule has 1 aliphatic carbocycles. The number of hydrogen-bond acceptors (Lipinski definition) is 3. The molecule has 3 nitrogen and oxygen atoms in total. The van der Waals surface area contributed by atoms with E-state index in [0.29, 0.717) is 12.1 Å². The summed E-state index contributed by atoms with van der Waals surface area (Å²) in [4.78, 5) is 2.68. The van der Waals surface area contributed by atoms with Gasteiger partial charge in [-0.3, -0.25) is 4.90 Å². The summed E-state index contributed by atoms with van der Waals surface area (Å²) < 4.78 is 5.54. The van der Waals surface area contributed by atoms with Crippen LogP contribution in [0.25, 0.3) is 0 Å². The molecular weight excluding hydrogens is 200 g/mol. The van der Waals surface area contributed by atoms with Crippen molar-refractivity contribution in [1.29, 1.82) is 0 Å². The van der Waals surface area contributed by atoms with E-state index in [1.165, 1.54) is 25.8 Å². The summed E-state index contributed by atoms with van der Waals surface area (Å²) in [6.07, 6.45) is 4.49. The maximum absolute atomic E-state index is 5.54. The van der Waals surface area contributed by atoms with Crippen molar-refractivity contribution in [3.63, 3.8) is 0 Å². The Morgan fingerprint density at radius 2 is 2.19 bits per heavy atom. The van der Waals surface area contributed by atoms with Gasteiger partial charge in [-0.2, -0.15) is 0 Å². The van der Waals surface area contributed by atoms with Crippen LogP contribution in [-0.4, -0.2) is 48.8 Å². The molecule has 2 rings (SSSR count). The fourth-order valence-corrected chi connectivity index (χ4v) is 2.80. The average Bonchev–Trinajstić information content (AvgIpc) is 3.01. The van der Waals surface area contributed by atoms with Gasteiger partial charge in [-0.05, 0) is 40.0 Å². The van der Waals surface area contributed by atoms with Crippen LogP contribution in [0.2, 0.25) is 0 Å². The first-order valence-corrected chi connectivity index (χ1v) is 6.81. The number of likely N-dealkylation sites (tertiary alicyclic amines) is 1. The largest absolute Gasteiger partial charge is 0.377 e. The van der Waals surface area contributed by atoms with Crippen molar-refractivity contribution in [3.05, 3.63) is 0 Å². The second kappa shape index (κ2) is 5.48. The first kappa shape index (κ1) is 12.3. The van der Waals surface area contributed by atoms with Crippen LogP contribution < -0.4 is 5.32 Å². The molecule has 1 heterocycles. The van der Waals surface area contributed by atoms with Gasteiger partial charge in [-0.25, -0.2) is 0 Å². The molecule has 1 aliphatic heterocycles. The van der Waals surface area contributed by atoms with Crippen LogP contribution >= 0.6 is 0 Å². The van der Waals surface area contributed by atoms with Crippen molar-refractivity contribution in [2.45, 2.75) is 64.3 Å². The Morgan fingerprint density at radius 1 is 1.44 bits per heavy atom. The van der Waals surface area contributed by atoms with E-state index in [-0.39, 0.29) is 0 Å². The van der Waals surface area contributed by atoms with Gasteiger partial charge in [0.2, 0.25) is 0 Å². The number of nitrogens with zero attached hydrogens (tertiary/aromatic N) is 1. The summed E-state index contributed by atoms with van der Waals surface area (Å²) in [6.45, 7) is 9.62. The highest BCUT2D eigenvalue weighted by atomic mass is 16.5. The summed E-state index contributed by atoms with van der Waals surface area (Å²) in [7, 11) is 0. The van der Waals surface area contributed by atoms with Gasteiger partial charge in [0.25, 0.3) is 0 Å². The highest BCUT2D eigenvalue weighted by Crippen LogP contribution is 2.33. The average molecular weight is 226 g/mol. The van der Waals surface area contributed by atoms with E-state index in [1.807, 2.05) is 0 Å². The molecule has 2 aliphatic rings. The lowest BCUT2D eigenvalue weighted by molar-refractivity contribution is 0.0741. The fourth-order valence-electron chi connectivity index (χ4n) is 2.80. The molecule has 2 fully saturated rings. The van der Waals surface area contributed by atoms with E-state index in [0.717, 1.165) is 25.2 Å². The third kappa shape index (κ3) is 3.19. The van der Waals surface area contributed by atoms with E-state index in [1.54, 1.807) is 0 Å². The molecule has 3 heteroatoms. The molecule has 0 radical (unpaired) electrons. The summed E-state index contributed by atoms with van der Waals surface area (Å²) in [5.74, 6) is 0. The highest BCUT2D eigenvalue weighted by molar-refractivity contribution is 4.95. The molecule has 0 bridgehead atoms. The molecule has 0 aromatic rings. The summed E-state index contributed by atoms with van der Waals surface area (Å²) in [5, 5.41) is 3.64. The minimum Gasteiger partial charge on any atom is -0.377 e. The lowest BCUT2D eigenvalue weighted by Crippen LogP contribution is -2.38. The first-order valence-electron chi connectivity index (χ1n) is 6.81. The van der Waals surface area contributed by atoms with Crippen LogP contribution in [0, 0.1) is 0 Å². The molecule has 0 amide bonds. The summed E-state index contributed by atoms with van der Waals surface area (Å²) in [6, 6.07) is 2.36. The molecule has 94 valence electrons. The first-order chi connectivity index (χ1) is 7.70. The van der Waals surface area contributed by atoms with Gasteiger partial charge in [-0.1, -0.05) is 0 Å². The van der Waals surface area contributed by atoms with Crippen LogP contribution in [-0.2, 0) is 4.74 Å². The Kier molecular flexibility index (Phi) is 4.22. The molecule has 0 spiro atoms. The zero-order valence-corrected chi connectivity index (χ0v) is 10.9. The van der Waals surface area contributed by atoms with E-state index >= 15 is 0 Å². The molecule has 3 atom stereocenters. The second-order valence-corrected chi connectivity index (χ2v) is 5.38. The third-order valence-electron chi connectivity index (χ3n) is 3.78. The predicted molar refractivity (Wildman–Crippen MR) is 66.7 cm³/mol. The van der Waals surface area contributed by atoms with Crippen molar-refractivity contribution in [2.75, 3.05) is 19.7 Å². The Balaban J connectivity index is 1.67. The van der Waals surface area contributed by atoms with Gasteiger partial charge >= 0.3 is 0 Å². The van der Waals surface area contributed by atoms with Crippen molar-refractivity contribution in [1.82, 2.24) is 10.2 Å². The SMILES string of the molecule is CCOC(C)CNC1CC(C)N(C2CC2)C1. The van der Waals surface area contributed by atoms with E-state index in [9.17, 15) is 0 Å². The van der Waals surface area contributed by atoms with Crippen molar-refractivity contribution >= 4 is 0 Å². The van der Waals surface area contributed by atoms with Gasteiger partial charge in [0.05, 0.1) is 6.10 Å². The third-order valence-corrected chi connectivity index (χ3v) is 3.78. The highest BCUT2D eigenvalue weighted by Gasteiger charge is 2.38. The lowest BCUT2D eigenvalue weighted by Gasteiger charge is -2.20. The molecule has 3 unspecified atom stereocenters. The normalized spacial score (nSPS) is 33.2. The summed E-state index contributed by atoms with van der Waals surface area (Å²) >= 11 is 0. The van der Waals surface area contributed by atoms with Gasteiger partial charge in [0.15, 0.2) is 0 Å². The van der Waals surface area contributed by atoms with Gasteiger partial charge in [0.1, 0.15) is 0 Å². The zero-order valence-electron chi connectivity index (χ0n) is 10.9. The predicted octanol–water partition coefficient (Wildman–Crippen LogP) is 1.63. The quantitative estimate of drug-likeness (QED) is 0.745. The minimum atomic E-state index is 0.343. The molecule has 16 heavy (non-hydrogen) atoms. The van der Waals surface area contributed by atoms with Crippen molar-refractivity contribution in [3.8, 4) is 0 Å². The van der Waals surface area contributed by atoms with E-state index < -0.39 is 0 Å². The van der Waals surface area contributed by atoms with Gasteiger partial charge in [0, 0.05) is 37.8 Å². The van der Waals surface area contributed by atoms with Gasteiger partial charge < -0.3 is 10.1 Å². The smallest absolute Gasteiger partial charge is 0.0671 e. The number of ether oxygens (including phenoxy) is 1. The summed E-state index contributed by atoms with van der Waals surface area (Å²) in [5.41, 5.74) is 0. The molecule has 0 aromatic heterocycles. The minimum absolute atomic E-state index is 0.343. The van der Waals surface area contributed by atoms with Crippen LogP contribution in [0.1, 0.15) is 40.0 Å². The van der Waals surface area contributed by atoms with Gasteiger partial charge in [-0.15, -0.1) is 0 Å². The lowest BCUT2D eigenvalue weighted by atomic mass is 10.2. The molecule has 1 saturated carbocycles. The number of hydrogen-bond donors (Lipinski definition) is 1. The van der Waals surface area contributed by atoms with Crippen LogP contribution in [0.3, 0.4) is 0 Å². The fraction of sp³-hybridized carbons (Fsp3) is 1.00. The molecular formula is C13H26N2O. The van der Waals surface area contributed by atoms with Crippen molar-refractivity contribution in [2.24, 2.45) is 0 Å². The number of nitrogens with one attached hydrogen (secondary N) is 1. The Hall–Kier alpha value is -0.120. The maximum Gasteiger partial charge on any atom is 0.0671 e. The number of rotatable bonds is 6. The Labute approximate surface area is 99.5 Å². The molecule has 0 aromatic carbocycles. The monoisotopic (exact) mass is 226 g/mol. The second-order valence-electron chi connectivity index (χ2n) is 5.38. The van der Waals surface area contributed by atoms with E-state index in [2.05, 4.69) is 31.0 Å². The van der Waals surface area contributed by atoms with Crippen LogP contribution in [0.15, 0.2) is 0 Å². The zero-order chi connectivity index (χ0) is 11.5. The Morgan fingerprint density at radius 3 is 2.81 bits per heavy atom. The topological polar surface area (TPSA) is 24.5 Å². The standard InChI is InChI=1S/C13H26N2O/c1-4-16-11(3)8-14-12-7-10(2)15(9-12)13-5-6-13/h10-14H,4-9H2,1-3H3. The maximum atomic E-state index is 5.54.